The number of rotatable bonds is 5. The van der Waals surface area contributed by atoms with Gasteiger partial charge in [-0.1, -0.05) is 0 Å². The van der Waals surface area contributed by atoms with E-state index in [2.05, 4.69) is 21.0 Å². The molecule has 2 heterocycles. The normalized spacial score (nSPS) is 22.3. The first-order chi connectivity index (χ1) is 11.4. The van der Waals surface area contributed by atoms with Crippen LogP contribution in [0.5, 0.6) is 0 Å². The van der Waals surface area contributed by atoms with Gasteiger partial charge in [-0.2, -0.15) is 5.10 Å². The molecule has 2 fully saturated rings. The number of carbonyl (C=O) groups is 3. The molecule has 1 saturated heterocycles. The fraction of sp³-hybridized carbons (Fsp3) is 0.625. The van der Waals surface area contributed by atoms with Crippen LogP contribution in [-0.4, -0.2) is 40.2 Å². The van der Waals surface area contributed by atoms with Gasteiger partial charge < -0.3 is 10.6 Å². The highest BCUT2D eigenvalue weighted by molar-refractivity contribution is 5.98. The second-order valence-electron chi connectivity index (χ2n) is 6.92. The molecule has 1 atom stereocenters. The second-order valence-corrected chi connectivity index (χ2v) is 6.92. The number of amides is 4. The van der Waals surface area contributed by atoms with Crippen LogP contribution < -0.4 is 16.0 Å². The molecule has 1 aromatic heterocycles. The van der Waals surface area contributed by atoms with Gasteiger partial charge in [0.25, 0.3) is 0 Å². The highest BCUT2D eigenvalue weighted by Crippen LogP contribution is 2.46. The topological polar surface area (TPSA) is 105 Å². The maximum Gasteiger partial charge on any atom is 0.322 e. The van der Waals surface area contributed by atoms with Crippen molar-refractivity contribution in [3.05, 3.63) is 17.5 Å². The van der Waals surface area contributed by atoms with Crippen LogP contribution in [-0.2, 0) is 16.1 Å². The molecule has 1 aromatic rings. The molecule has 8 nitrogen and oxygen atoms in total. The molecule has 0 unspecified atom stereocenters. The van der Waals surface area contributed by atoms with Crippen molar-refractivity contribution in [3.8, 4) is 0 Å². The summed E-state index contributed by atoms with van der Waals surface area (Å²) in [6.07, 6.45) is 2.56. The Balaban J connectivity index is 1.55. The standard InChI is InChI=1S/C16H23N5O3/c1-10-7-11(2)21(20-10)9-16(5-6-16)8-17-14(23)12-3-4-13(22)19-15(24)18-12/h7,12H,3-6,8-9H2,1-2H3,(H,17,23)(H2,18,19,22,24)/t12-/m0/s1. The first kappa shape index (κ1) is 16.5. The van der Waals surface area contributed by atoms with Crippen LogP contribution >= 0.6 is 0 Å². The van der Waals surface area contributed by atoms with E-state index in [1.165, 1.54) is 0 Å². The molecule has 130 valence electrons. The SMILES string of the molecule is Cc1cc(C)n(CC2(CNC(=O)[C@@H]3CCC(=O)NC(=O)N3)CC2)n1. The number of urea groups is 1. The van der Waals surface area contributed by atoms with E-state index in [0.717, 1.165) is 30.8 Å². The van der Waals surface area contributed by atoms with Gasteiger partial charge >= 0.3 is 6.03 Å². The van der Waals surface area contributed by atoms with Crippen molar-refractivity contribution in [3.63, 3.8) is 0 Å². The van der Waals surface area contributed by atoms with Crippen LogP contribution in [0.1, 0.15) is 37.1 Å². The van der Waals surface area contributed by atoms with Crippen molar-refractivity contribution in [2.24, 2.45) is 5.41 Å². The van der Waals surface area contributed by atoms with E-state index in [1.807, 2.05) is 24.6 Å². The van der Waals surface area contributed by atoms with Crippen LogP contribution in [0.15, 0.2) is 6.07 Å². The number of hydrogen-bond acceptors (Lipinski definition) is 4. The monoisotopic (exact) mass is 333 g/mol. The maximum absolute atomic E-state index is 12.3. The lowest BCUT2D eigenvalue weighted by Gasteiger charge is -2.20. The van der Waals surface area contributed by atoms with Gasteiger partial charge in [0.2, 0.25) is 11.8 Å². The summed E-state index contributed by atoms with van der Waals surface area (Å²) in [5, 5.41) is 12.1. The molecule has 1 saturated carbocycles. The Labute approximate surface area is 140 Å². The van der Waals surface area contributed by atoms with E-state index in [4.69, 9.17) is 0 Å². The fourth-order valence-corrected chi connectivity index (χ4v) is 3.05. The van der Waals surface area contributed by atoms with Crippen LogP contribution in [0.25, 0.3) is 0 Å². The molecule has 0 spiro atoms. The van der Waals surface area contributed by atoms with Gasteiger partial charge in [0, 0.05) is 30.6 Å². The molecular weight excluding hydrogens is 310 g/mol. The summed E-state index contributed by atoms with van der Waals surface area (Å²) in [7, 11) is 0. The third-order valence-corrected chi connectivity index (χ3v) is 4.72. The Morgan fingerprint density at radius 1 is 1.42 bits per heavy atom. The number of hydrogen-bond donors (Lipinski definition) is 3. The summed E-state index contributed by atoms with van der Waals surface area (Å²) in [4.78, 5) is 35.1. The largest absolute Gasteiger partial charge is 0.354 e. The molecule has 0 aromatic carbocycles. The summed E-state index contributed by atoms with van der Waals surface area (Å²) in [5.41, 5.74) is 2.15. The van der Waals surface area contributed by atoms with Gasteiger partial charge in [-0.05, 0) is 39.2 Å². The molecule has 0 radical (unpaired) electrons. The number of nitrogens with one attached hydrogen (secondary N) is 3. The zero-order valence-electron chi connectivity index (χ0n) is 14.0. The molecular formula is C16H23N5O3. The Morgan fingerprint density at radius 3 is 2.79 bits per heavy atom. The third kappa shape index (κ3) is 3.74. The van der Waals surface area contributed by atoms with E-state index >= 15 is 0 Å². The quantitative estimate of drug-likeness (QED) is 0.724. The van der Waals surface area contributed by atoms with Crippen molar-refractivity contribution in [1.29, 1.82) is 0 Å². The number of aryl methyl sites for hydroxylation is 2. The minimum atomic E-state index is -0.666. The minimum absolute atomic E-state index is 0.0433. The predicted molar refractivity (Wildman–Crippen MR) is 86.1 cm³/mol. The zero-order chi connectivity index (χ0) is 17.3. The van der Waals surface area contributed by atoms with Gasteiger partial charge in [-0.25, -0.2) is 4.79 Å². The number of carbonyl (C=O) groups excluding carboxylic acids is 3. The number of nitrogens with zero attached hydrogens (tertiary/aromatic N) is 2. The summed E-state index contributed by atoms with van der Waals surface area (Å²) in [6.45, 7) is 5.33. The van der Waals surface area contributed by atoms with E-state index in [-0.39, 0.29) is 23.7 Å². The van der Waals surface area contributed by atoms with Gasteiger partial charge in [0.15, 0.2) is 0 Å². The average molecular weight is 333 g/mol. The summed E-state index contributed by atoms with van der Waals surface area (Å²) in [6, 6.07) is 0.766. The van der Waals surface area contributed by atoms with Crippen LogP contribution in [0, 0.1) is 19.3 Å². The molecule has 2 aliphatic rings. The lowest BCUT2D eigenvalue weighted by molar-refractivity contribution is -0.123. The van der Waals surface area contributed by atoms with Crippen LogP contribution in [0.3, 0.4) is 0 Å². The van der Waals surface area contributed by atoms with E-state index in [9.17, 15) is 14.4 Å². The highest BCUT2D eigenvalue weighted by atomic mass is 16.2. The first-order valence-electron chi connectivity index (χ1n) is 8.26. The fourth-order valence-electron chi connectivity index (χ4n) is 3.05. The van der Waals surface area contributed by atoms with Gasteiger partial charge in [-0.3, -0.25) is 19.6 Å². The Hall–Kier alpha value is -2.38. The lowest BCUT2D eigenvalue weighted by atomic mass is 10.1. The highest BCUT2D eigenvalue weighted by Gasteiger charge is 2.44. The van der Waals surface area contributed by atoms with Crippen LogP contribution in [0.4, 0.5) is 4.79 Å². The van der Waals surface area contributed by atoms with E-state index in [0.29, 0.717) is 13.0 Å². The summed E-state index contributed by atoms with van der Waals surface area (Å²) < 4.78 is 1.99. The molecule has 3 N–H and O–H groups in total. The summed E-state index contributed by atoms with van der Waals surface area (Å²) >= 11 is 0. The van der Waals surface area contributed by atoms with Crippen molar-refractivity contribution in [1.82, 2.24) is 25.7 Å². The van der Waals surface area contributed by atoms with Crippen molar-refractivity contribution < 1.29 is 14.4 Å². The maximum atomic E-state index is 12.3. The van der Waals surface area contributed by atoms with Crippen molar-refractivity contribution in [2.75, 3.05) is 6.54 Å². The third-order valence-electron chi connectivity index (χ3n) is 4.72. The molecule has 1 aliphatic carbocycles. The average Bonchev–Trinajstić information content (AvgIpc) is 3.23. The first-order valence-corrected chi connectivity index (χ1v) is 8.26. The molecule has 24 heavy (non-hydrogen) atoms. The van der Waals surface area contributed by atoms with E-state index in [1.54, 1.807) is 0 Å². The van der Waals surface area contributed by atoms with Crippen LogP contribution in [0.2, 0.25) is 0 Å². The van der Waals surface area contributed by atoms with Gasteiger partial charge in [0.1, 0.15) is 6.04 Å². The zero-order valence-corrected chi connectivity index (χ0v) is 14.0. The van der Waals surface area contributed by atoms with Crippen molar-refractivity contribution >= 4 is 17.8 Å². The number of imide groups is 1. The lowest BCUT2D eigenvalue weighted by Crippen LogP contribution is -2.49. The molecule has 3 rings (SSSR count). The minimum Gasteiger partial charge on any atom is -0.354 e. The molecule has 4 amide bonds. The van der Waals surface area contributed by atoms with E-state index < -0.39 is 12.1 Å². The number of aromatic nitrogens is 2. The van der Waals surface area contributed by atoms with Crippen molar-refractivity contribution in [2.45, 2.75) is 52.1 Å². The molecule has 0 bridgehead atoms. The smallest absolute Gasteiger partial charge is 0.322 e. The Kier molecular flexibility index (Phi) is 4.29. The predicted octanol–water partition coefficient (Wildman–Crippen LogP) is 0.385. The van der Waals surface area contributed by atoms with Gasteiger partial charge in [-0.15, -0.1) is 0 Å². The second kappa shape index (κ2) is 6.26. The molecule has 8 heteroatoms. The Bertz CT molecular complexity index is 677. The van der Waals surface area contributed by atoms with Gasteiger partial charge in [0.05, 0.1) is 5.69 Å². The summed E-state index contributed by atoms with van der Waals surface area (Å²) in [5.74, 6) is -0.592. The molecule has 1 aliphatic heterocycles. The Morgan fingerprint density at radius 2 is 2.17 bits per heavy atom.